The number of rotatable bonds is 6. The molecule has 0 bridgehead atoms. The minimum Gasteiger partial charge on any atom is -0.393 e. The first-order valence-electron chi connectivity index (χ1n) is 7.26. The molecule has 23 heavy (non-hydrogen) atoms. The lowest BCUT2D eigenvalue weighted by Gasteiger charge is -2.30. The molecule has 0 radical (unpaired) electrons. The monoisotopic (exact) mass is 333 g/mol. The average molecular weight is 333 g/mol. The van der Waals surface area contributed by atoms with E-state index in [4.69, 9.17) is 10.00 Å². The first-order valence-corrected chi connectivity index (χ1v) is 7.26. The van der Waals surface area contributed by atoms with Crippen molar-refractivity contribution < 1.29 is 27.4 Å². The Balaban J connectivity index is 3.48. The molecule has 1 rings (SSSR count). The highest BCUT2D eigenvalue weighted by molar-refractivity contribution is 5.39. The number of hydrogen-bond donors (Lipinski definition) is 1. The fourth-order valence-corrected chi connectivity index (χ4v) is 2.45. The molecule has 0 amide bonds. The van der Waals surface area contributed by atoms with Crippen molar-refractivity contribution in [2.24, 2.45) is 0 Å². The van der Waals surface area contributed by atoms with Gasteiger partial charge >= 0.3 is 0 Å². The second-order valence-corrected chi connectivity index (χ2v) is 5.48. The number of benzene rings is 1. The van der Waals surface area contributed by atoms with Crippen molar-refractivity contribution in [3.05, 3.63) is 34.4 Å². The van der Waals surface area contributed by atoms with E-state index in [1.807, 2.05) is 6.92 Å². The summed E-state index contributed by atoms with van der Waals surface area (Å²) in [7, 11) is 0. The van der Waals surface area contributed by atoms with Crippen molar-refractivity contribution in [1.29, 1.82) is 5.26 Å². The number of nitrogens with zero attached hydrogens (tertiary/aromatic N) is 1. The van der Waals surface area contributed by atoms with Crippen LogP contribution in [0.15, 0.2) is 0 Å². The summed E-state index contributed by atoms with van der Waals surface area (Å²) in [6, 6.07) is 1.09. The minimum atomic E-state index is -1.78. The van der Waals surface area contributed by atoms with Crippen LogP contribution in [0.1, 0.15) is 51.2 Å². The molecule has 4 unspecified atom stereocenters. The van der Waals surface area contributed by atoms with Gasteiger partial charge in [-0.1, -0.05) is 6.92 Å². The van der Waals surface area contributed by atoms with Gasteiger partial charge in [0.1, 0.15) is 11.6 Å². The first kappa shape index (κ1) is 19.4. The van der Waals surface area contributed by atoms with Crippen molar-refractivity contribution in [2.45, 2.75) is 58.3 Å². The third-order valence-electron chi connectivity index (χ3n) is 3.79. The van der Waals surface area contributed by atoms with Gasteiger partial charge in [-0.3, -0.25) is 0 Å². The molecule has 0 spiro atoms. The predicted molar refractivity (Wildman–Crippen MR) is 75.7 cm³/mol. The maximum Gasteiger partial charge on any atom is 0.180 e. The van der Waals surface area contributed by atoms with Gasteiger partial charge in [-0.15, -0.1) is 0 Å². The van der Waals surface area contributed by atoms with E-state index in [1.165, 1.54) is 13.8 Å². The molecule has 7 heteroatoms. The van der Waals surface area contributed by atoms with Crippen molar-refractivity contribution in [3.63, 3.8) is 0 Å². The maximum atomic E-state index is 14.2. The van der Waals surface area contributed by atoms with Crippen molar-refractivity contribution in [1.82, 2.24) is 0 Å². The Morgan fingerprint density at radius 1 is 1.04 bits per heavy atom. The molecule has 0 aromatic heterocycles. The Morgan fingerprint density at radius 2 is 1.52 bits per heavy atom. The molecule has 1 N–H and O–H groups in total. The van der Waals surface area contributed by atoms with Gasteiger partial charge in [0.05, 0.1) is 18.3 Å². The lowest BCUT2D eigenvalue weighted by atomic mass is 9.87. The lowest BCUT2D eigenvalue weighted by Crippen LogP contribution is -2.32. The molecular weight excluding hydrogens is 314 g/mol. The van der Waals surface area contributed by atoms with Crippen molar-refractivity contribution in [3.8, 4) is 6.07 Å². The van der Waals surface area contributed by atoms with Crippen LogP contribution in [0.4, 0.5) is 17.6 Å². The van der Waals surface area contributed by atoms with E-state index in [0.717, 1.165) is 6.07 Å². The van der Waals surface area contributed by atoms with E-state index >= 15 is 0 Å². The largest absolute Gasteiger partial charge is 0.393 e. The molecule has 0 fully saturated rings. The molecule has 0 saturated heterocycles. The van der Waals surface area contributed by atoms with Crippen LogP contribution in [0, 0.1) is 34.6 Å². The van der Waals surface area contributed by atoms with Gasteiger partial charge < -0.3 is 9.84 Å². The van der Waals surface area contributed by atoms with Gasteiger partial charge in [0.25, 0.3) is 0 Å². The fraction of sp³-hybridized carbons (Fsp3) is 0.562. The van der Waals surface area contributed by atoms with Gasteiger partial charge in [0.15, 0.2) is 23.3 Å². The van der Waals surface area contributed by atoms with Crippen LogP contribution in [0.2, 0.25) is 0 Å². The summed E-state index contributed by atoms with van der Waals surface area (Å²) in [6.45, 7) is 6.25. The second kappa shape index (κ2) is 7.75. The predicted octanol–water partition coefficient (Wildman–Crippen LogP) is 3.78. The molecule has 0 aliphatic rings. The van der Waals surface area contributed by atoms with Crippen LogP contribution < -0.4 is 0 Å². The van der Waals surface area contributed by atoms with E-state index in [2.05, 4.69) is 0 Å². The highest BCUT2D eigenvalue weighted by atomic mass is 19.2. The smallest absolute Gasteiger partial charge is 0.180 e. The summed E-state index contributed by atoms with van der Waals surface area (Å²) in [5.41, 5.74) is -2.28. The lowest BCUT2D eigenvalue weighted by molar-refractivity contribution is -0.0338. The van der Waals surface area contributed by atoms with Crippen LogP contribution in [-0.2, 0) is 4.74 Å². The molecule has 0 saturated carbocycles. The number of nitriles is 1. The summed E-state index contributed by atoms with van der Waals surface area (Å²) in [5.74, 6) is -8.26. The number of aliphatic hydroxyl groups excluding tert-OH is 1. The highest BCUT2D eigenvalue weighted by Gasteiger charge is 2.36. The molecule has 1 aromatic rings. The first-order chi connectivity index (χ1) is 10.7. The second-order valence-electron chi connectivity index (χ2n) is 5.48. The topological polar surface area (TPSA) is 53.2 Å². The zero-order valence-electron chi connectivity index (χ0n) is 13.3. The molecule has 0 aliphatic carbocycles. The van der Waals surface area contributed by atoms with E-state index in [9.17, 15) is 22.7 Å². The third-order valence-corrected chi connectivity index (χ3v) is 3.79. The van der Waals surface area contributed by atoms with Crippen LogP contribution in [0.25, 0.3) is 0 Å². The molecule has 1 aromatic carbocycles. The summed E-state index contributed by atoms with van der Waals surface area (Å²) in [4.78, 5) is 0. The van der Waals surface area contributed by atoms with E-state index in [1.54, 1.807) is 6.92 Å². The zero-order chi connectivity index (χ0) is 17.9. The quantitative estimate of drug-likeness (QED) is 0.637. The van der Waals surface area contributed by atoms with E-state index in [0.29, 0.717) is 6.42 Å². The van der Waals surface area contributed by atoms with Gasteiger partial charge in [-0.05, 0) is 27.2 Å². The maximum absolute atomic E-state index is 14.2. The van der Waals surface area contributed by atoms with Crippen LogP contribution >= 0.6 is 0 Å². The van der Waals surface area contributed by atoms with Gasteiger partial charge in [-0.2, -0.15) is 5.26 Å². The number of halogens is 4. The van der Waals surface area contributed by atoms with Crippen LogP contribution in [-0.4, -0.2) is 23.4 Å². The molecular formula is C16H19F4NO2. The van der Waals surface area contributed by atoms with Crippen molar-refractivity contribution in [2.75, 3.05) is 0 Å². The molecule has 0 heterocycles. The number of aliphatic hydroxyl groups is 1. The number of ether oxygens (including phenoxy) is 1. The molecule has 4 atom stereocenters. The van der Waals surface area contributed by atoms with Crippen LogP contribution in [0.5, 0.6) is 0 Å². The zero-order valence-corrected chi connectivity index (χ0v) is 13.3. The Labute approximate surface area is 132 Å². The minimum absolute atomic E-state index is 0.273. The summed E-state index contributed by atoms with van der Waals surface area (Å²) < 4.78 is 61.5. The molecule has 0 aliphatic heterocycles. The molecule has 3 nitrogen and oxygen atoms in total. The fourth-order valence-electron chi connectivity index (χ4n) is 2.45. The van der Waals surface area contributed by atoms with Crippen molar-refractivity contribution >= 4 is 0 Å². The summed E-state index contributed by atoms with van der Waals surface area (Å²) >= 11 is 0. The van der Waals surface area contributed by atoms with Gasteiger partial charge in [-0.25, -0.2) is 17.6 Å². The summed E-state index contributed by atoms with van der Waals surface area (Å²) in [5, 5.41) is 18.5. The average Bonchev–Trinajstić information content (AvgIpc) is 2.49. The Bertz CT molecular complexity index is 584. The SMILES string of the molecule is CCC(C)OC(C)C(c1c(F)c(F)c(C#N)c(F)c1F)C(C)O. The molecule has 128 valence electrons. The Hall–Kier alpha value is -1.65. The number of hydrogen-bond acceptors (Lipinski definition) is 3. The van der Waals surface area contributed by atoms with Gasteiger partial charge in [0, 0.05) is 11.5 Å². The van der Waals surface area contributed by atoms with Gasteiger partial charge in [0.2, 0.25) is 0 Å². The highest BCUT2D eigenvalue weighted by Crippen LogP contribution is 2.34. The standard InChI is InChI=1S/C16H19F4NO2/c1-5-7(2)23-9(4)11(8(3)22)12-15(19)13(17)10(6-21)14(18)16(12)20/h7-9,11,22H,5H2,1-4H3. The van der Waals surface area contributed by atoms with E-state index < -0.39 is 52.5 Å². The van der Waals surface area contributed by atoms with E-state index in [-0.39, 0.29) is 6.10 Å². The van der Waals surface area contributed by atoms with Crippen LogP contribution in [0.3, 0.4) is 0 Å². The summed E-state index contributed by atoms with van der Waals surface area (Å²) in [6.07, 6.45) is -1.89. The normalized spacial score (nSPS) is 16.5. The Morgan fingerprint density at radius 3 is 1.87 bits per heavy atom. The Kier molecular flexibility index (Phi) is 6.54. The third kappa shape index (κ3) is 3.82.